The summed E-state index contributed by atoms with van der Waals surface area (Å²) >= 11 is 4.74. The molecule has 0 radical (unpaired) electrons. The van der Waals surface area contributed by atoms with Crippen molar-refractivity contribution in [2.45, 2.75) is 68.1 Å². The van der Waals surface area contributed by atoms with Crippen LogP contribution in [-0.4, -0.2) is 117 Å². The fraction of sp³-hybridized carbons (Fsp3) is 0.938. The van der Waals surface area contributed by atoms with Gasteiger partial charge >= 0.3 is 55.4 Å². The molecule has 183 valence electrons. The van der Waals surface area contributed by atoms with E-state index in [1.807, 2.05) is 0 Å². The van der Waals surface area contributed by atoms with Crippen molar-refractivity contribution < 1.29 is 69.0 Å². The Kier molecular flexibility index (Phi) is 13.5. The Morgan fingerprint density at radius 1 is 1.13 bits per heavy atom. The standard InChI is InChI=1S/C16H28O12.2HI.V/c1-3-6-8(18)10(20)14(28-11(6)13(22)23)26-5-16(24)12(21)9(19)7(4-17)27-15(16)25-2;;;/h6-12,14-15,17-21,24H,3-5H2,1-2H3,(H,22,23);2*1H;/q;;;+2/p-2/t6-,7?,8?,9+,10?,11?,12?,14+,15-,16?;;;/m0.../s1. The van der Waals surface area contributed by atoms with E-state index in [0.29, 0.717) is 9.47 Å². The third-order valence-corrected chi connectivity index (χ3v) is 5.25. The first-order valence-corrected chi connectivity index (χ1v) is 18.2. The molecule has 0 amide bonds. The Hall–Kier alpha value is 1.11. The Labute approximate surface area is 208 Å². The van der Waals surface area contributed by atoms with Gasteiger partial charge in [-0.1, -0.05) is 6.92 Å². The number of methoxy groups -OCH3 is 1. The molecule has 0 bridgehead atoms. The number of hydrogen-bond donors (Lipinski definition) is 7. The minimum atomic E-state index is -2.34. The number of aliphatic carboxylic acids is 1. The summed E-state index contributed by atoms with van der Waals surface area (Å²) in [4.78, 5) is 11.4. The molecule has 7 N–H and O–H groups in total. The third-order valence-electron chi connectivity index (χ3n) is 5.25. The molecule has 6 unspecified atom stereocenters. The fourth-order valence-electron chi connectivity index (χ4n) is 3.53. The van der Waals surface area contributed by atoms with Gasteiger partial charge in [0.1, 0.15) is 24.4 Å². The van der Waals surface area contributed by atoms with Crippen molar-refractivity contribution in [3.8, 4) is 0 Å². The molecule has 0 aromatic rings. The number of hydrogen-bond acceptors (Lipinski definition) is 11. The van der Waals surface area contributed by atoms with Crippen LogP contribution in [0.1, 0.15) is 13.3 Å². The van der Waals surface area contributed by atoms with Crippen LogP contribution < -0.4 is 0 Å². The minimum absolute atomic E-state index is 0.221. The van der Waals surface area contributed by atoms with Crippen LogP contribution in [0.3, 0.4) is 0 Å². The van der Waals surface area contributed by atoms with Gasteiger partial charge in [-0.15, -0.1) is 0 Å². The molecular weight excluding hydrogens is 689 g/mol. The van der Waals surface area contributed by atoms with Gasteiger partial charge in [-0.05, 0) is 6.42 Å². The molecule has 2 rings (SSSR count). The van der Waals surface area contributed by atoms with E-state index < -0.39 is 79.9 Å². The quantitative estimate of drug-likeness (QED) is 0.146. The first-order valence-electron chi connectivity index (χ1n) is 9.19. The van der Waals surface area contributed by atoms with Crippen LogP contribution in [0.5, 0.6) is 0 Å². The van der Waals surface area contributed by atoms with Gasteiger partial charge in [-0.2, -0.15) is 0 Å². The normalized spacial score (nSPS) is 43.0. The molecule has 2 fully saturated rings. The molecule has 0 aliphatic carbocycles. The summed E-state index contributed by atoms with van der Waals surface area (Å²) < 4.78 is 20.7. The first-order chi connectivity index (χ1) is 14.5. The molecule has 2 heterocycles. The Balaban J connectivity index is 0.00000151. The molecular formula is C16H28I2O12V. The predicted octanol–water partition coefficient (Wildman–Crippen LogP) is -1.85. The predicted molar refractivity (Wildman–Crippen MR) is 116 cm³/mol. The number of carbonyl (C=O) groups is 1. The van der Waals surface area contributed by atoms with Crippen LogP contribution in [0.4, 0.5) is 0 Å². The molecule has 0 aromatic carbocycles. The van der Waals surface area contributed by atoms with Crippen LogP contribution in [0.2, 0.25) is 0 Å². The van der Waals surface area contributed by atoms with E-state index in [1.54, 1.807) is 6.92 Å². The van der Waals surface area contributed by atoms with Crippen molar-refractivity contribution in [3.63, 3.8) is 0 Å². The van der Waals surface area contributed by atoms with Crippen LogP contribution in [0, 0.1) is 5.92 Å². The molecule has 0 aromatic heterocycles. The number of aliphatic hydroxyl groups is 6. The van der Waals surface area contributed by atoms with Crippen molar-refractivity contribution in [2.75, 3.05) is 20.3 Å². The zero-order valence-electron chi connectivity index (χ0n) is 16.7. The number of carboxylic acids is 1. The van der Waals surface area contributed by atoms with Crippen LogP contribution in [-0.2, 0) is 33.2 Å². The Morgan fingerprint density at radius 3 is 2.16 bits per heavy atom. The van der Waals surface area contributed by atoms with Crippen molar-refractivity contribution in [1.29, 1.82) is 0 Å². The second kappa shape index (κ2) is 13.9. The molecule has 31 heavy (non-hydrogen) atoms. The summed E-state index contributed by atoms with van der Waals surface area (Å²) in [6, 6.07) is 0. The van der Waals surface area contributed by atoms with Gasteiger partial charge in [0.25, 0.3) is 0 Å². The summed E-state index contributed by atoms with van der Waals surface area (Å²) in [5.41, 5.74) is -2.34. The Bertz CT molecular complexity index is 559. The average Bonchev–Trinajstić information content (AvgIpc) is 2.73. The maximum atomic E-state index is 11.4. The summed E-state index contributed by atoms with van der Waals surface area (Å²) in [5, 5.41) is 69.9. The van der Waals surface area contributed by atoms with Crippen molar-refractivity contribution in [3.05, 3.63) is 0 Å². The maximum absolute atomic E-state index is 11.4. The molecule has 10 atom stereocenters. The molecule has 2 aliphatic rings. The van der Waals surface area contributed by atoms with Gasteiger partial charge in [0, 0.05) is 13.0 Å². The van der Waals surface area contributed by atoms with E-state index in [4.69, 9.17) is 18.9 Å². The molecule has 15 heteroatoms. The van der Waals surface area contributed by atoms with E-state index in [2.05, 4.69) is 40.0 Å². The van der Waals surface area contributed by atoms with Crippen LogP contribution >= 0.6 is 40.0 Å². The molecule has 0 spiro atoms. The zero-order valence-corrected chi connectivity index (χ0v) is 22.4. The van der Waals surface area contributed by atoms with E-state index in [1.165, 1.54) is 0 Å². The van der Waals surface area contributed by atoms with E-state index in [-0.39, 0.29) is 6.42 Å². The third kappa shape index (κ3) is 7.06. The fourth-order valence-corrected chi connectivity index (χ4v) is 3.53. The van der Waals surface area contributed by atoms with Gasteiger partial charge in [0.15, 0.2) is 24.3 Å². The van der Waals surface area contributed by atoms with Gasteiger partial charge < -0.3 is 54.7 Å². The molecule has 12 nitrogen and oxygen atoms in total. The van der Waals surface area contributed by atoms with Gasteiger partial charge in [-0.3, -0.25) is 0 Å². The number of carboxylic acid groups (broad SMARTS) is 1. The van der Waals surface area contributed by atoms with Crippen LogP contribution in [0.15, 0.2) is 0 Å². The number of ether oxygens (including phenoxy) is 4. The summed E-state index contributed by atoms with van der Waals surface area (Å²) in [6.45, 7) is 0.172. The number of aliphatic hydroxyl groups excluding tert-OH is 5. The molecule has 2 aliphatic heterocycles. The van der Waals surface area contributed by atoms with Gasteiger partial charge in [0.05, 0.1) is 19.3 Å². The average molecular weight is 717 g/mol. The zero-order chi connectivity index (χ0) is 23.9. The van der Waals surface area contributed by atoms with Crippen molar-refractivity contribution in [2.24, 2.45) is 5.92 Å². The number of halogens is 2. The van der Waals surface area contributed by atoms with E-state index >= 15 is 0 Å². The number of rotatable bonds is 7. The molecule has 0 saturated carbocycles. The van der Waals surface area contributed by atoms with Gasteiger partial charge in [-0.25, -0.2) is 4.79 Å². The first kappa shape index (κ1) is 30.1. The second-order valence-electron chi connectivity index (χ2n) is 7.04. The van der Waals surface area contributed by atoms with Crippen molar-refractivity contribution >= 4 is 45.9 Å². The van der Waals surface area contributed by atoms with E-state index in [9.17, 15) is 40.5 Å². The summed E-state index contributed by atoms with van der Waals surface area (Å²) in [7, 11) is 1.78. The topological polar surface area (TPSA) is 196 Å². The summed E-state index contributed by atoms with van der Waals surface area (Å²) in [6.07, 6.45) is -12.3. The van der Waals surface area contributed by atoms with Crippen molar-refractivity contribution in [1.82, 2.24) is 0 Å². The SMILES string of the molecule is CC[C@@H]1C(C(=O)O)O[C@@H](OCC2(O)C(O)[C@H](O)C(CO)O[C@@H]2OC)C(O)C1O.[I][V][I]. The van der Waals surface area contributed by atoms with Crippen LogP contribution in [0.25, 0.3) is 0 Å². The van der Waals surface area contributed by atoms with E-state index in [0.717, 1.165) is 7.11 Å². The van der Waals surface area contributed by atoms with Gasteiger partial charge in [0.2, 0.25) is 0 Å². The second-order valence-corrected chi connectivity index (χ2v) is 18.8. The molecule has 2 saturated heterocycles. The monoisotopic (exact) mass is 717 g/mol. The summed E-state index contributed by atoms with van der Waals surface area (Å²) in [5.74, 6) is -2.24. The Morgan fingerprint density at radius 2 is 1.71 bits per heavy atom.